The van der Waals surface area contributed by atoms with Crippen LogP contribution in [-0.2, 0) is 4.74 Å². The summed E-state index contributed by atoms with van der Waals surface area (Å²) in [7, 11) is 1.36. The van der Waals surface area contributed by atoms with Crippen molar-refractivity contribution in [1.82, 2.24) is 0 Å². The van der Waals surface area contributed by atoms with Gasteiger partial charge in [-0.2, -0.15) is 0 Å². The molecular weight excluding hydrogens is 288 g/mol. The second-order valence-electron chi connectivity index (χ2n) is 4.79. The maximum Gasteiger partial charge on any atom is 0.338 e. The van der Waals surface area contributed by atoms with Gasteiger partial charge < -0.3 is 9.15 Å². The normalized spacial score (nSPS) is 10.8. The molecule has 0 spiro atoms. The third kappa shape index (κ3) is 2.30. The lowest BCUT2D eigenvalue weighted by atomic mass is 10.0. The fourth-order valence-electron chi connectivity index (χ4n) is 2.39. The number of carbonyl (C=O) groups is 1. The quantitative estimate of drug-likeness (QED) is 0.635. The fourth-order valence-corrected chi connectivity index (χ4v) is 2.62. The Labute approximate surface area is 127 Å². The van der Waals surface area contributed by atoms with Gasteiger partial charge in [0.2, 0.25) is 5.22 Å². The van der Waals surface area contributed by atoms with Gasteiger partial charge in [-0.25, -0.2) is 4.79 Å². The number of rotatable bonds is 2. The molecule has 2 aromatic carbocycles. The number of ether oxygens (including phenoxy) is 1. The maximum atomic E-state index is 11.9. The molecule has 3 aromatic rings. The highest BCUT2D eigenvalue weighted by Gasteiger charge is 2.19. The zero-order chi connectivity index (χ0) is 15.0. The minimum absolute atomic E-state index is 0.323. The standard InChI is InChI=1S/C17H13ClO3/c1-10-7-8-12-14(9-10)16(18)21-15(12)11-5-3-4-6-13(11)17(19)20-2/h3-9H,1-2H3. The molecule has 0 atom stereocenters. The predicted octanol–water partition coefficient (Wildman–Crippen LogP) is 4.85. The first-order valence-corrected chi connectivity index (χ1v) is 6.86. The molecule has 0 radical (unpaired) electrons. The van der Waals surface area contributed by atoms with E-state index in [-0.39, 0.29) is 0 Å². The average Bonchev–Trinajstić information content (AvgIpc) is 2.83. The summed E-state index contributed by atoms with van der Waals surface area (Å²) in [5.41, 5.74) is 2.22. The van der Waals surface area contributed by atoms with Gasteiger partial charge in [-0.05, 0) is 30.7 Å². The van der Waals surface area contributed by atoms with Crippen molar-refractivity contribution in [2.24, 2.45) is 0 Å². The molecule has 1 aromatic heterocycles. The minimum atomic E-state index is -0.404. The zero-order valence-corrected chi connectivity index (χ0v) is 12.4. The molecule has 0 saturated heterocycles. The highest BCUT2D eigenvalue weighted by atomic mass is 35.5. The molecule has 0 N–H and O–H groups in total. The van der Waals surface area contributed by atoms with Gasteiger partial charge in [-0.1, -0.05) is 35.9 Å². The minimum Gasteiger partial charge on any atom is -0.465 e. The van der Waals surface area contributed by atoms with Gasteiger partial charge in [-0.15, -0.1) is 0 Å². The van der Waals surface area contributed by atoms with Gasteiger partial charge >= 0.3 is 5.97 Å². The molecule has 106 valence electrons. The van der Waals surface area contributed by atoms with Gasteiger partial charge in [0.25, 0.3) is 0 Å². The predicted molar refractivity (Wildman–Crippen MR) is 82.7 cm³/mol. The van der Waals surface area contributed by atoms with Crippen LogP contribution in [0.4, 0.5) is 0 Å². The molecule has 0 aliphatic rings. The third-order valence-corrected chi connectivity index (χ3v) is 3.68. The number of furan rings is 1. The number of fused-ring (bicyclic) bond motifs is 1. The van der Waals surface area contributed by atoms with Gasteiger partial charge in [0.1, 0.15) is 5.76 Å². The largest absolute Gasteiger partial charge is 0.465 e. The van der Waals surface area contributed by atoms with Crippen LogP contribution in [0.2, 0.25) is 5.22 Å². The summed E-state index contributed by atoms with van der Waals surface area (Å²) in [5, 5.41) is 2.04. The van der Waals surface area contributed by atoms with Crippen LogP contribution in [0.1, 0.15) is 15.9 Å². The van der Waals surface area contributed by atoms with Crippen LogP contribution in [0.5, 0.6) is 0 Å². The summed E-state index contributed by atoms with van der Waals surface area (Å²) in [4.78, 5) is 11.9. The summed E-state index contributed by atoms with van der Waals surface area (Å²) >= 11 is 6.18. The van der Waals surface area contributed by atoms with Crippen molar-refractivity contribution in [3.63, 3.8) is 0 Å². The molecular formula is C17H13ClO3. The second kappa shape index (κ2) is 5.26. The van der Waals surface area contributed by atoms with E-state index in [2.05, 4.69) is 0 Å². The van der Waals surface area contributed by atoms with E-state index < -0.39 is 5.97 Å². The molecule has 0 saturated carbocycles. The molecule has 0 aliphatic heterocycles. The van der Waals surface area contributed by atoms with E-state index in [0.717, 1.165) is 16.3 Å². The smallest absolute Gasteiger partial charge is 0.338 e. The van der Waals surface area contributed by atoms with Crippen molar-refractivity contribution < 1.29 is 13.9 Å². The first-order valence-electron chi connectivity index (χ1n) is 6.48. The molecule has 3 rings (SSSR count). The highest BCUT2D eigenvalue weighted by molar-refractivity contribution is 6.34. The fraction of sp³-hybridized carbons (Fsp3) is 0.118. The van der Waals surface area contributed by atoms with Crippen LogP contribution in [0.15, 0.2) is 46.9 Å². The summed E-state index contributed by atoms with van der Waals surface area (Å²) in [6.45, 7) is 1.99. The number of carbonyl (C=O) groups excluding carboxylic acids is 1. The summed E-state index contributed by atoms with van der Waals surface area (Å²) < 4.78 is 10.5. The first-order chi connectivity index (χ1) is 10.1. The number of methoxy groups -OCH3 is 1. The number of halogens is 1. The Morgan fingerprint density at radius 2 is 1.90 bits per heavy atom. The Kier molecular flexibility index (Phi) is 3.43. The molecule has 0 amide bonds. The van der Waals surface area contributed by atoms with E-state index in [1.165, 1.54) is 7.11 Å². The number of hydrogen-bond donors (Lipinski definition) is 0. The van der Waals surface area contributed by atoms with E-state index in [9.17, 15) is 4.79 Å². The molecule has 3 nitrogen and oxygen atoms in total. The van der Waals surface area contributed by atoms with Crippen LogP contribution in [0.3, 0.4) is 0 Å². The Balaban J connectivity index is 2.29. The Bertz CT molecular complexity index is 833. The van der Waals surface area contributed by atoms with E-state index >= 15 is 0 Å². The van der Waals surface area contributed by atoms with Crippen LogP contribution < -0.4 is 0 Å². The summed E-state index contributed by atoms with van der Waals surface area (Å²) in [6.07, 6.45) is 0. The maximum absolute atomic E-state index is 11.9. The highest BCUT2D eigenvalue weighted by Crippen LogP contribution is 2.38. The lowest BCUT2D eigenvalue weighted by Gasteiger charge is -2.05. The average molecular weight is 301 g/mol. The summed E-state index contributed by atoms with van der Waals surface area (Å²) in [6, 6.07) is 13.1. The SMILES string of the molecule is COC(=O)c1ccccc1-c1oc(Cl)c2cc(C)ccc12. The third-order valence-electron chi connectivity index (χ3n) is 3.40. The molecule has 1 heterocycles. The van der Waals surface area contributed by atoms with Crippen molar-refractivity contribution in [1.29, 1.82) is 0 Å². The molecule has 21 heavy (non-hydrogen) atoms. The van der Waals surface area contributed by atoms with Crippen molar-refractivity contribution in [3.8, 4) is 11.3 Å². The number of benzene rings is 2. The zero-order valence-electron chi connectivity index (χ0n) is 11.6. The van der Waals surface area contributed by atoms with E-state index in [1.54, 1.807) is 12.1 Å². The topological polar surface area (TPSA) is 39.4 Å². The van der Waals surface area contributed by atoms with Crippen molar-refractivity contribution in [2.75, 3.05) is 7.11 Å². The number of esters is 1. The Morgan fingerprint density at radius 3 is 2.67 bits per heavy atom. The first kappa shape index (κ1) is 13.7. The van der Waals surface area contributed by atoms with Gasteiger partial charge in [0.15, 0.2) is 0 Å². The molecule has 4 heteroatoms. The van der Waals surface area contributed by atoms with Crippen LogP contribution in [0.25, 0.3) is 22.1 Å². The van der Waals surface area contributed by atoms with Gasteiger partial charge in [-0.3, -0.25) is 0 Å². The number of aryl methyl sites for hydroxylation is 1. The molecule has 0 fully saturated rings. The molecule has 0 bridgehead atoms. The second-order valence-corrected chi connectivity index (χ2v) is 5.13. The van der Waals surface area contributed by atoms with Crippen LogP contribution >= 0.6 is 11.6 Å². The summed E-state index contributed by atoms with van der Waals surface area (Å²) in [5.74, 6) is 0.175. The monoisotopic (exact) mass is 300 g/mol. The van der Waals surface area contributed by atoms with Crippen molar-refractivity contribution >= 4 is 28.3 Å². The Morgan fingerprint density at radius 1 is 1.14 bits per heavy atom. The van der Waals surface area contributed by atoms with Crippen LogP contribution in [-0.4, -0.2) is 13.1 Å². The Hall–Kier alpha value is -2.26. The lowest BCUT2D eigenvalue weighted by Crippen LogP contribution is -2.02. The number of hydrogen-bond acceptors (Lipinski definition) is 3. The van der Waals surface area contributed by atoms with Crippen molar-refractivity contribution in [3.05, 3.63) is 58.8 Å². The van der Waals surface area contributed by atoms with Gasteiger partial charge in [0.05, 0.1) is 12.7 Å². The van der Waals surface area contributed by atoms with E-state index in [1.807, 2.05) is 37.3 Å². The van der Waals surface area contributed by atoms with E-state index in [4.69, 9.17) is 20.8 Å². The van der Waals surface area contributed by atoms with Crippen molar-refractivity contribution in [2.45, 2.75) is 6.92 Å². The van der Waals surface area contributed by atoms with Crippen LogP contribution in [0, 0.1) is 6.92 Å². The van der Waals surface area contributed by atoms with Gasteiger partial charge in [0, 0.05) is 16.3 Å². The van der Waals surface area contributed by atoms with E-state index in [0.29, 0.717) is 22.1 Å². The molecule has 0 unspecified atom stereocenters. The lowest BCUT2D eigenvalue weighted by molar-refractivity contribution is 0.0601. The molecule has 0 aliphatic carbocycles.